The summed E-state index contributed by atoms with van der Waals surface area (Å²) in [6, 6.07) is 9.40. The van der Waals surface area contributed by atoms with Crippen molar-refractivity contribution >= 4 is 16.3 Å². The van der Waals surface area contributed by atoms with Crippen LogP contribution in [0.1, 0.15) is 24.1 Å². The van der Waals surface area contributed by atoms with Crippen LogP contribution >= 0.6 is 0 Å². The number of fused-ring (bicyclic) bond motifs is 1. The fourth-order valence-corrected chi connectivity index (χ4v) is 3.84. The van der Waals surface area contributed by atoms with E-state index >= 15 is 0 Å². The standard InChI is InChI=1S/C23H21F3N2O2/c24-16-2-1-15-11-18(27-23(30)20(15)12-16)4-6-22(29)28-9-7-14(8-10-28)19-5-3-17(25)13-21(19)26/h1-3,5,7,11-13,22,29H,4,6,8-10H2,(H,27,30). The maximum absolute atomic E-state index is 14.0. The van der Waals surface area contributed by atoms with Crippen LogP contribution in [0.5, 0.6) is 0 Å². The van der Waals surface area contributed by atoms with E-state index in [2.05, 4.69) is 4.98 Å². The van der Waals surface area contributed by atoms with Gasteiger partial charge in [0.1, 0.15) is 23.7 Å². The van der Waals surface area contributed by atoms with Crippen LogP contribution in [0, 0.1) is 17.5 Å². The Hall–Kier alpha value is -2.90. The number of rotatable bonds is 5. The third kappa shape index (κ3) is 4.32. The molecule has 4 rings (SSSR count). The second kappa shape index (κ2) is 8.45. The van der Waals surface area contributed by atoms with Gasteiger partial charge < -0.3 is 10.1 Å². The number of nitrogens with one attached hydrogen (secondary N) is 1. The van der Waals surface area contributed by atoms with E-state index < -0.39 is 23.7 Å². The van der Waals surface area contributed by atoms with Gasteiger partial charge in [0.2, 0.25) is 0 Å². The molecule has 1 aliphatic rings. The molecule has 2 heterocycles. The lowest BCUT2D eigenvalue weighted by atomic mass is 9.98. The van der Waals surface area contributed by atoms with Gasteiger partial charge in [-0.15, -0.1) is 0 Å². The second-order valence-electron chi connectivity index (χ2n) is 7.47. The third-order valence-corrected chi connectivity index (χ3v) is 5.47. The van der Waals surface area contributed by atoms with Crippen molar-refractivity contribution in [3.63, 3.8) is 0 Å². The van der Waals surface area contributed by atoms with Gasteiger partial charge in [-0.25, -0.2) is 13.2 Å². The molecule has 1 atom stereocenters. The van der Waals surface area contributed by atoms with Gasteiger partial charge >= 0.3 is 0 Å². The minimum atomic E-state index is -0.728. The van der Waals surface area contributed by atoms with Gasteiger partial charge in [0.25, 0.3) is 5.56 Å². The average Bonchev–Trinajstić information content (AvgIpc) is 2.73. The monoisotopic (exact) mass is 414 g/mol. The lowest BCUT2D eigenvalue weighted by Crippen LogP contribution is -2.38. The first-order valence-corrected chi connectivity index (χ1v) is 9.79. The van der Waals surface area contributed by atoms with Crippen molar-refractivity contribution in [3.05, 3.63) is 87.6 Å². The molecule has 1 unspecified atom stereocenters. The second-order valence-corrected chi connectivity index (χ2v) is 7.47. The normalized spacial score (nSPS) is 15.9. The molecule has 0 bridgehead atoms. The molecule has 0 spiro atoms. The van der Waals surface area contributed by atoms with Crippen LogP contribution in [0.2, 0.25) is 0 Å². The summed E-state index contributed by atoms with van der Waals surface area (Å²) in [7, 11) is 0. The quantitative estimate of drug-likeness (QED) is 0.664. The van der Waals surface area contributed by atoms with Crippen LogP contribution in [0.25, 0.3) is 16.3 Å². The van der Waals surface area contributed by atoms with Gasteiger partial charge in [-0.3, -0.25) is 9.69 Å². The van der Waals surface area contributed by atoms with E-state index in [-0.39, 0.29) is 5.56 Å². The maximum atomic E-state index is 14.0. The van der Waals surface area contributed by atoms with Crippen LogP contribution in [-0.4, -0.2) is 34.3 Å². The zero-order valence-corrected chi connectivity index (χ0v) is 16.2. The van der Waals surface area contributed by atoms with Crippen molar-refractivity contribution in [2.75, 3.05) is 13.1 Å². The van der Waals surface area contributed by atoms with E-state index in [1.54, 1.807) is 12.1 Å². The predicted octanol–water partition coefficient (Wildman–Crippen LogP) is 3.99. The van der Waals surface area contributed by atoms with E-state index in [9.17, 15) is 23.1 Å². The SMILES string of the molecule is O=c1[nH]c(CCC(O)N2CC=C(c3ccc(F)cc3F)CC2)cc2ccc(F)cc12. The maximum Gasteiger partial charge on any atom is 0.256 e. The first kappa shape index (κ1) is 20.4. The highest BCUT2D eigenvalue weighted by Crippen LogP contribution is 2.26. The molecule has 1 aromatic heterocycles. The van der Waals surface area contributed by atoms with Crippen LogP contribution in [0.3, 0.4) is 0 Å². The first-order valence-electron chi connectivity index (χ1n) is 9.79. The van der Waals surface area contributed by atoms with Crippen molar-refractivity contribution < 1.29 is 18.3 Å². The molecule has 0 amide bonds. The number of aryl methyl sites for hydroxylation is 1. The van der Waals surface area contributed by atoms with Crippen molar-refractivity contribution in [2.24, 2.45) is 0 Å². The number of halogens is 3. The third-order valence-electron chi connectivity index (χ3n) is 5.47. The van der Waals surface area contributed by atoms with Gasteiger partial charge in [-0.1, -0.05) is 12.1 Å². The number of aromatic nitrogens is 1. The molecule has 0 radical (unpaired) electrons. The zero-order chi connectivity index (χ0) is 21.3. The van der Waals surface area contributed by atoms with E-state index in [4.69, 9.17) is 0 Å². The number of H-pyrrole nitrogens is 1. The van der Waals surface area contributed by atoms with Crippen molar-refractivity contribution in [1.82, 2.24) is 9.88 Å². The molecule has 0 saturated carbocycles. The number of aromatic amines is 1. The largest absolute Gasteiger partial charge is 0.378 e. The Kier molecular flexibility index (Phi) is 5.74. The molecule has 0 saturated heterocycles. The molecule has 3 aromatic rings. The van der Waals surface area contributed by atoms with E-state index in [0.717, 1.165) is 11.6 Å². The van der Waals surface area contributed by atoms with E-state index in [1.165, 1.54) is 24.3 Å². The summed E-state index contributed by atoms with van der Waals surface area (Å²) in [6.45, 7) is 0.984. The number of aliphatic hydroxyl groups excluding tert-OH is 1. The molecular weight excluding hydrogens is 393 g/mol. The Morgan fingerprint density at radius 2 is 1.83 bits per heavy atom. The Bertz CT molecular complexity index is 1170. The molecule has 30 heavy (non-hydrogen) atoms. The number of hydrogen-bond donors (Lipinski definition) is 2. The fourth-order valence-electron chi connectivity index (χ4n) is 3.84. The number of benzene rings is 2. The Labute approximate surface area is 171 Å². The van der Waals surface area contributed by atoms with Gasteiger partial charge in [0.05, 0.1) is 0 Å². The van der Waals surface area contributed by atoms with Crippen molar-refractivity contribution in [3.8, 4) is 0 Å². The lowest BCUT2D eigenvalue weighted by Gasteiger charge is -2.31. The summed E-state index contributed by atoms with van der Waals surface area (Å²) in [6.07, 6.45) is 2.50. The summed E-state index contributed by atoms with van der Waals surface area (Å²) in [5, 5.41) is 11.5. The molecule has 4 nitrogen and oxygen atoms in total. The van der Waals surface area contributed by atoms with Crippen LogP contribution in [0.15, 0.2) is 53.3 Å². The summed E-state index contributed by atoms with van der Waals surface area (Å²) >= 11 is 0. The number of hydrogen-bond acceptors (Lipinski definition) is 3. The van der Waals surface area contributed by atoms with Crippen LogP contribution in [-0.2, 0) is 6.42 Å². The van der Waals surface area contributed by atoms with Crippen LogP contribution in [0.4, 0.5) is 13.2 Å². The van der Waals surface area contributed by atoms with Crippen LogP contribution < -0.4 is 5.56 Å². The summed E-state index contributed by atoms with van der Waals surface area (Å²) < 4.78 is 40.4. The van der Waals surface area contributed by atoms with Gasteiger partial charge in [-0.2, -0.15) is 0 Å². The topological polar surface area (TPSA) is 56.3 Å². The Morgan fingerprint density at radius 3 is 2.57 bits per heavy atom. The highest BCUT2D eigenvalue weighted by atomic mass is 19.1. The molecule has 2 N–H and O–H groups in total. The van der Waals surface area contributed by atoms with Gasteiger partial charge in [0, 0.05) is 35.8 Å². The predicted molar refractivity (Wildman–Crippen MR) is 109 cm³/mol. The van der Waals surface area contributed by atoms with Gasteiger partial charge in [-0.05, 0) is 60.6 Å². The Morgan fingerprint density at radius 1 is 1.07 bits per heavy atom. The number of pyridine rings is 1. The summed E-state index contributed by atoms with van der Waals surface area (Å²) in [5.74, 6) is -1.66. The van der Waals surface area contributed by atoms with E-state index in [1.807, 2.05) is 11.0 Å². The fraction of sp³-hybridized carbons (Fsp3) is 0.261. The first-order chi connectivity index (χ1) is 14.4. The van der Waals surface area contributed by atoms with Crippen molar-refractivity contribution in [2.45, 2.75) is 25.5 Å². The molecule has 7 heteroatoms. The molecular formula is C23H21F3N2O2. The molecule has 0 aliphatic carbocycles. The zero-order valence-electron chi connectivity index (χ0n) is 16.2. The average molecular weight is 414 g/mol. The minimum absolute atomic E-state index is 0.293. The van der Waals surface area contributed by atoms with Crippen molar-refractivity contribution in [1.29, 1.82) is 0 Å². The smallest absolute Gasteiger partial charge is 0.256 e. The number of aliphatic hydroxyl groups is 1. The van der Waals surface area contributed by atoms with Gasteiger partial charge in [0.15, 0.2) is 0 Å². The summed E-state index contributed by atoms with van der Waals surface area (Å²) in [5.41, 5.74) is 1.49. The van der Waals surface area contributed by atoms with E-state index in [0.29, 0.717) is 54.4 Å². The highest BCUT2D eigenvalue weighted by molar-refractivity contribution is 5.81. The molecule has 1 aliphatic heterocycles. The highest BCUT2D eigenvalue weighted by Gasteiger charge is 2.21. The molecule has 156 valence electrons. The minimum Gasteiger partial charge on any atom is -0.378 e. The lowest BCUT2D eigenvalue weighted by molar-refractivity contribution is 0.00491. The Balaban J connectivity index is 1.40. The molecule has 0 fully saturated rings. The molecule has 2 aromatic carbocycles. The summed E-state index contributed by atoms with van der Waals surface area (Å²) in [4.78, 5) is 16.8. The number of nitrogens with zero attached hydrogens (tertiary/aromatic N) is 1.